The SMILES string of the molecule is CCCCCCCCCCCCN(CCCCCCCCCCCC)C(=O)c1cccc([S])c1. The zero-order valence-electron chi connectivity index (χ0n) is 22.6. The third kappa shape index (κ3) is 16.5. The van der Waals surface area contributed by atoms with Crippen molar-refractivity contribution in [3.05, 3.63) is 29.8 Å². The third-order valence-corrected chi connectivity index (χ3v) is 7.19. The topological polar surface area (TPSA) is 20.3 Å². The van der Waals surface area contributed by atoms with Crippen molar-refractivity contribution in [1.29, 1.82) is 0 Å². The summed E-state index contributed by atoms with van der Waals surface area (Å²) < 4.78 is 0. The second-order valence-corrected chi connectivity index (χ2v) is 10.7. The van der Waals surface area contributed by atoms with Crippen LogP contribution in [0.15, 0.2) is 29.2 Å². The molecule has 0 heterocycles. The molecule has 0 bridgehead atoms. The Hall–Kier alpha value is -1.09. The van der Waals surface area contributed by atoms with Gasteiger partial charge in [0.1, 0.15) is 0 Å². The molecule has 0 unspecified atom stereocenters. The monoisotopic (exact) mass is 488 g/mol. The molecule has 1 rings (SSSR count). The van der Waals surface area contributed by atoms with E-state index in [1.807, 2.05) is 24.3 Å². The molecule has 0 aromatic heterocycles. The van der Waals surface area contributed by atoms with Gasteiger partial charge in [0, 0.05) is 23.5 Å². The molecule has 0 fully saturated rings. The highest BCUT2D eigenvalue weighted by Gasteiger charge is 2.15. The molecule has 0 atom stereocenters. The van der Waals surface area contributed by atoms with E-state index in [1.165, 1.54) is 116 Å². The van der Waals surface area contributed by atoms with Gasteiger partial charge in [0.25, 0.3) is 5.91 Å². The molecule has 2 nitrogen and oxygen atoms in total. The first-order valence-corrected chi connectivity index (χ1v) is 15.2. The fourth-order valence-electron chi connectivity index (χ4n) is 4.71. The summed E-state index contributed by atoms with van der Waals surface area (Å²) in [6, 6.07) is 7.58. The van der Waals surface area contributed by atoms with Crippen LogP contribution in [0.5, 0.6) is 0 Å². The van der Waals surface area contributed by atoms with Crippen LogP contribution in [0.4, 0.5) is 0 Å². The van der Waals surface area contributed by atoms with Gasteiger partial charge in [0.05, 0.1) is 0 Å². The van der Waals surface area contributed by atoms with Crippen molar-refractivity contribution in [2.45, 2.75) is 147 Å². The van der Waals surface area contributed by atoms with Crippen LogP contribution < -0.4 is 0 Å². The Morgan fingerprint density at radius 1 is 0.618 bits per heavy atom. The summed E-state index contributed by atoms with van der Waals surface area (Å²) in [6.07, 6.45) is 26.5. The molecule has 34 heavy (non-hydrogen) atoms. The lowest BCUT2D eigenvalue weighted by molar-refractivity contribution is 0.0749. The first-order valence-electron chi connectivity index (χ1n) is 14.7. The molecule has 3 heteroatoms. The second kappa shape index (κ2) is 22.4. The molecule has 0 saturated heterocycles. The average Bonchev–Trinajstić information content (AvgIpc) is 2.84. The fraction of sp³-hybridized carbons (Fsp3) is 0.774. The van der Waals surface area contributed by atoms with Crippen LogP contribution in [-0.2, 0) is 0 Å². The lowest BCUT2D eigenvalue weighted by Crippen LogP contribution is -2.33. The van der Waals surface area contributed by atoms with Gasteiger partial charge in [-0.05, 0) is 31.0 Å². The quantitative estimate of drug-likeness (QED) is 0.140. The molecule has 1 aromatic carbocycles. The molecule has 1 amide bonds. The maximum Gasteiger partial charge on any atom is 0.253 e. The van der Waals surface area contributed by atoms with Gasteiger partial charge in [-0.15, -0.1) is 0 Å². The standard InChI is InChI=1S/C31H54NOS/c1-3-5-7-9-11-13-15-17-19-21-26-32(31(33)29-24-23-25-30(34)28-29)27-22-20-18-16-14-12-10-8-6-4-2/h23-25,28H,3-22,26-27H2,1-2H3. The average molecular weight is 489 g/mol. The first-order chi connectivity index (χ1) is 16.7. The Morgan fingerprint density at radius 3 is 1.38 bits per heavy atom. The van der Waals surface area contributed by atoms with E-state index in [0.29, 0.717) is 0 Å². The predicted octanol–water partition coefficient (Wildman–Crippen LogP) is 10.5. The minimum Gasteiger partial charge on any atom is -0.339 e. The maximum atomic E-state index is 13.2. The number of hydrogen-bond acceptors (Lipinski definition) is 1. The van der Waals surface area contributed by atoms with Crippen molar-refractivity contribution < 1.29 is 4.79 Å². The van der Waals surface area contributed by atoms with Crippen LogP contribution in [-0.4, -0.2) is 23.9 Å². The van der Waals surface area contributed by atoms with E-state index >= 15 is 0 Å². The van der Waals surface area contributed by atoms with Gasteiger partial charge in [-0.25, -0.2) is 0 Å². The van der Waals surface area contributed by atoms with Crippen molar-refractivity contribution in [2.24, 2.45) is 0 Å². The third-order valence-electron chi connectivity index (χ3n) is 6.93. The van der Waals surface area contributed by atoms with Crippen molar-refractivity contribution in [3.8, 4) is 0 Å². The fourth-order valence-corrected chi connectivity index (χ4v) is 4.91. The number of carbonyl (C=O) groups is 1. The molecule has 0 saturated carbocycles. The highest BCUT2D eigenvalue weighted by Crippen LogP contribution is 2.16. The highest BCUT2D eigenvalue weighted by atomic mass is 32.1. The van der Waals surface area contributed by atoms with Crippen LogP contribution in [0.3, 0.4) is 0 Å². The number of benzene rings is 1. The van der Waals surface area contributed by atoms with E-state index in [2.05, 4.69) is 18.7 Å². The summed E-state index contributed by atoms with van der Waals surface area (Å²) >= 11 is 5.29. The van der Waals surface area contributed by atoms with E-state index in [0.717, 1.165) is 36.4 Å². The van der Waals surface area contributed by atoms with Crippen LogP contribution in [0, 0.1) is 0 Å². The molecule has 1 radical (unpaired) electrons. The molecule has 0 aliphatic carbocycles. The molecule has 0 N–H and O–H groups in total. The van der Waals surface area contributed by atoms with Crippen LogP contribution in [0.25, 0.3) is 0 Å². The van der Waals surface area contributed by atoms with Crippen molar-refractivity contribution >= 4 is 18.5 Å². The summed E-state index contributed by atoms with van der Waals surface area (Å²) in [7, 11) is 0. The van der Waals surface area contributed by atoms with Crippen molar-refractivity contribution in [2.75, 3.05) is 13.1 Å². The zero-order chi connectivity index (χ0) is 24.7. The van der Waals surface area contributed by atoms with E-state index in [4.69, 9.17) is 12.6 Å². The van der Waals surface area contributed by atoms with E-state index in [1.54, 1.807) is 0 Å². The maximum absolute atomic E-state index is 13.2. The van der Waals surface area contributed by atoms with Crippen LogP contribution in [0.2, 0.25) is 0 Å². The van der Waals surface area contributed by atoms with Crippen LogP contribution in [0.1, 0.15) is 153 Å². The van der Waals surface area contributed by atoms with Gasteiger partial charge in [-0.3, -0.25) is 4.79 Å². The van der Waals surface area contributed by atoms with Gasteiger partial charge in [0.2, 0.25) is 0 Å². The number of nitrogens with zero attached hydrogens (tertiary/aromatic N) is 1. The van der Waals surface area contributed by atoms with E-state index in [9.17, 15) is 4.79 Å². The molecule has 1 aromatic rings. The van der Waals surface area contributed by atoms with Gasteiger partial charge < -0.3 is 4.90 Å². The molecule has 0 aliphatic rings. The second-order valence-electron chi connectivity index (χ2n) is 10.2. The Labute approximate surface area is 218 Å². The largest absolute Gasteiger partial charge is 0.339 e. The number of carbonyl (C=O) groups excluding carboxylic acids is 1. The van der Waals surface area contributed by atoms with Crippen molar-refractivity contribution in [3.63, 3.8) is 0 Å². The number of unbranched alkanes of at least 4 members (excludes halogenated alkanes) is 18. The van der Waals surface area contributed by atoms with Gasteiger partial charge >= 0.3 is 0 Å². The minimum absolute atomic E-state index is 0.165. The predicted molar refractivity (Wildman–Crippen MR) is 152 cm³/mol. The normalized spacial score (nSPS) is 11.1. The molecule has 0 aliphatic heterocycles. The van der Waals surface area contributed by atoms with Gasteiger partial charge in [-0.2, -0.15) is 0 Å². The Bertz CT molecular complexity index is 579. The Kier molecular flexibility index (Phi) is 20.4. The smallest absolute Gasteiger partial charge is 0.253 e. The number of hydrogen-bond donors (Lipinski definition) is 0. The molecular weight excluding hydrogens is 434 g/mol. The molecular formula is C31H54NOS. The van der Waals surface area contributed by atoms with E-state index < -0.39 is 0 Å². The summed E-state index contributed by atoms with van der Waals surface area (Å²) in [6.45, 7) is 6.32. The molecule has 0 spiro atoms. The number of rotatable bonds is 23. The lowest BCUT2D eigenvalue weighted by atomic mass is 10.1. The Morgan fingerprint density at radius 2 is 1.00 bits per heavy atom. The Balaban J connectivity index is 2.28. The van der Waals surface area contributed by atoms with Gasteiger partial charge in [-0.1, -0.05) is 148 Å². The summed E-state index contributed by atoms with van der Waals surface area (Å²) in [5, 5.41) is 0. The van der Waals surface area contributed by atoms with Crippen LogP contribution >= 0.6 is 12.6 Å². The summed E-state index contributed by atoms with van der Waals surface area (Å²) in [5.41, 5.74) is 0.756. The van der Waals surface area contributed by atoms with Gasteiger partial charge in [0.15, 0.2) is 0 Å². The van der Waals surface area contributed by atoms with E-state index in [-0.39, 0.29) is 5.91 Å². The highest BCUT2D eigenvalue weighted by molar-refractivity contribution is 7.80. The summed E-state index contributed by atoms with van der Waals surface area (Å²) in [5.74, 6) is 0.165. The summed E-state index contributed by atoms with van der Waals surface area (Å²) in [4.78, 5) is 16.0. The molecule has 195 valence electrons. The zero-order valence-corrected chi connectivity index (χ0v) is 23.4. The minimum atomic E-state index is 0.165. The first kappa shape index (κ1) is 30.9. The number of amides is 1. The van der Waals surface area contributed by atoms with Crippen molar-refractivity contribution in [1.82, 2.24) is 4.90 Å². The lowest BCUT2D eigenvalue weighted by Gasteiger charge is -2.23.